The molecule has 70 valence electrons. The Morgan fingerprint density at radius 2 is 2.23 bits per heavy atom. The van der Waals surface area contributed by atoms with Crippen LogP contribution in [0.5, 0.6) is 0 Å². The van der Waals surface area contributed by atoms with Crippen LogP contribution >= 0.6 is 0 Å². The van der Waals surface area contributed by atoms with Crippen molar-refractivity contribution in [2.75, 3.05) is 6.61 Å². The Hall–Kier alpha value is -1.39. The number of aliphatic hydroxyl groups is 2. The van der Waals surface area contributed by atoms with Crippen LogP contribution in [0.1, 0.15) is 11.7 Å². The summed E-state index contributed by atoms with van der Waals surface area (Å²) >= 11 is 0. The monoisotopic (exact) mass is 181 g/mol. The average molecular weight is 181 g/mol. The Morgan fingerprint density at radius 3 is 2.77 bits per heavy atom. The molecule has 1 aromatic rings. The number of hydrogen-bond donors (Lipinski definition) is 2. The third kappa shape index (κ3) is 2.27. The zero-order valence-corrected chi connectivity index (χ0v) is 7.05. The first-order valence-corrected chi connectivity index (χ1v) is 3.82. The van der Waals surface area contributed by atoms with Crippen molar-refractivity contribution in [2.45, 2.75) is 6.10 Å². The SMILES string of the molecule is C=[N+]([O-])c1cccc(C(O)CO)c1. The lowest BCUT2D eigenvalue weighted by Gasteiger charge is -2.07. The van der Waals surface area contributed by atoms with E-state index in [0.29, 0.717) is 16.0 Å². The van der Waals surface area contributed by atoms with E-state index in [2.05, 4.69) is 6.72 Å². The molecule has 4 heteroatoms. The molecule has 0 aromatic heterocycles. The van der Waals surface area contributed by atoms with Crippen molar-refractivity contribution < 1.29 is 15.0 Å². The normalized spacial score (nSPS) is 12.5. The molecule has 0 amide bonds. The summed E-state index contributed by atoms with van der Waals surface area (Å²) in [6.45, 7) is 2.81. The molecule has 1 unspecified atom stereocenters. The van der Waals surface area contributed by atoms with Crippen molar-refractivity contribution in [1.82, 2.24) is 0 Å². The van der Waals surface area contributed by atoms with E-state index in [1.165, 1.54) is 6.07 Å². The Morgan fingerprint density at radius 1 is 1.54 bits per heavy atom. The number of benzene rings is 1. The van der Waals surface area contributed by atoms with Gasteiger partial charge in [0.2, 0.25) is 5.69 Å². The first-order chi connectivity index (χ1) is 6.15. The second-order valence-electron chi connectivity index (χ2n) is 2.67. The summed E-state index contributed by atoms with van der Waals surface area (Å²) in [6, 6.07) is 6.32. The smallest absolute Gasteiger partial charge is 0.216 e. The molecule has 0 fully saturated rings. The molecule has 0 aliphatic rings. The second-order valence-corrected chi connectivity index (χ2v) is 2.67. The van der Waals surface area contributed by atoms with Gasteiger partial charge in [0.15, 0.2) is 0 Å². The van der Waals surface area contributed by atoms with Crippen LogP contribution < -0.4 is 0 Å². The lowest BCUT2D eigenvalue weighted by molar-refractivity contribution is -0.350. The molecule has 4 nitrogen and oxygen atoms in total. The van der Waals surface area contributed by atoms with Crippen molar-refractivity contribution >= 4 is 12.4 Å². The number of nitrogens with zero attached hydrogens (tertiary/aromatic N) is 1. The maximum Gasteiger partial charge on any atom is 0.216 e. The summed E-state index contributed by atoms with van der Waals surface area (Å²) in [5.74, 6) is 0. The molecule has 13 heavy (non-hydrogen) atoms. The van der Waals surface area contributed by atoms with Crippen molar-refractivity contribution in [3.8, 4) is 0 Å². The van der Waals surface area contributed by atoms with Crippen LogP contribution in [0, 0.1) is 5.21 Å². The summed E-state index contributed by atoms with van der Waals surface area (Å²) in [7, 11) is 0. The predicted molar refractivity (Wildman–Crippen MR) is 48.9 cm³/mol. The zero-order chi connectivity index (χ0) is 9.84. The van der Waals surface area contributed by atoms with Gasteiger partial charge >= 0.3 is 0 Å². The molecule has 2 N–H and O–H groups in total. The molecule has 1 rings (SSSR count). The van der Waals surface area contributed by atoms with Gasteiger partial charge < -0.3 is 15.4 Å². The zero-order valence-electron chi connectivity index (χ0n) is 7.05. The standard InChI is InChI=1S/C9H11NO3/c1-10(13)8-4-2-3-7(5-8)9(12)6-11/h2-5,9,11-12H,1,6H2. The lowest BCUT2D eigenvalue weighted by Crippen LogP contribution is -2.02. The summed E-state index contributed by atoms with van der Waals surface area (Å²) in [5, 5.41) is 28.7. The Balaban J connectivity index is 2.98. The minimum Gasteiger partial charge on any atom is -0.619 e. The van der Waals surface area contributed by atoms with Crippen LogP contribution in [0.4, 0.5) is 5.69 Å². The summed E-state index contributed by atoms with van der Waals surface area (Å²) < 4.78 is 0.452. The van der Waals surface area contributed by atoms with E-state index in [1.807, 2.05) is 0 Å². The quantitative estimate of drug-likeness (QED) is 0.310. The topological polar surface area (TPSA) is 66.5 Å². The summed E-state index contributed by atoms with van der Waals surface area (Å²) in [5.41, 5.74) is 0.856. The minimum absolute atomic E-state index is 0.352. The van der Waals surface area contributed by atoms with Crippen molar-refractivity contribution in [1.29, 1.82) is 0 Å². The highest BCUT2D eigenvalue weighted by Gasteiger charge is 2.08. The molecule has 1 aromatic carbocycles. The molecule has 0 aliphatic heterocycles. The maximum absolute atomic E-state index is 10.8. The predicted octanol–water partition coefficient (Wildman–Crippen LogP) is 0.555. The fourth-order valence-corrected chi connectivity index (χ4v) is 0.993. The third-order valence-corrected chi connectivity index (χ3v) is 1.72. The van der Waals surface area contributed by atoms with Gasteiger partial charge in [-0.3, -0.25) is 0 Å². The molecular weight excluding hydrogens is 170 g/mol. The van der Waals surface area contributed by atoms with E-state index in [-0.39, 0.29) is 6.61 Å². The van der Waals surface area contributed by atoms with Gasteiger partial charge in [-0.15, -0.1) is 0 Å². The first-order valence-electron chi connectivity index (χ1n) is 3.82. The molecule has 0 bridgehead atoms. The fraction of sp³-hybridized carbons (Fsp3) is 0.222. The molecular formula is C9H11NO3. The van der Waals surface area contributed by atoms with Gasteiger partial charge in [0.05, 0.1) is 6.61 Å². The Bertz CT molecular complexity index is 311. The third-order valence-electron chi connectivity index (χ3n) is 1.72. The van der Waals surface area contributed by atoms with Crippen LogP contribution in [0.15, 0.2) is 24.3 Å². The Labute approximate surface area is 76.0 Å². The average Bonchev–Trinajstić information content (AvgIpc) is 2.17. The largest absolute Gasteiger partial charge is 0.619 e. The fourth-order valence-electron chi connectivity index (χ4n) is 0.993. The minimum atomic E-state index is -0.945. The van der Waals surface area contributed by atoms with Crippen molar-refractivity contribution in [3.63, 3.8) is 0 Å². The molecule has 1 atom stereocenters. The van der Waals surface area contributed by atoms with Crippen LogP contribution in [0.2, 0.25) is 0 Å². The van der Waals surface area contributed by atoms with E-state index in [1.54, 1.807) is 18.2 Å². The van der Waals surface area contributed by atoms with Crippen LogP contribution in [-0.2, 0) is 0 Å². The second kappa shape index (κ2) is 4.02. The van der Waals surface area contributed by atoms with Gasteiger partial charge in [0.25, 0.3) is 0 Å². The number of rotatable bonds is 3. The van der Waals surface area contributed by atoms with Crippen LogP contribution in [0.25, 0.3) is 0 Å². The van der Waals surface area contributed by atoms with E-state index < -0.39 is 6.10 Å². The van der Waals surface area contributed by atoms with Gasteiger partial charge in [-0.2, -0.15) is 4.74 Å². The Kier molecular flexibility index (Phi) is 3.00. The van der Waals surface area contributed by atoms with Gasteiger partial charge in [0.1, 0.15) is 12.8 Å². The molecule has 0 saturated heterocycles. The van der Waals surface area contributed by atoms with Crippen molar-refractivity contribution in [3.05, 3.63) is 35.0 Å². The summed E-state index contributed by atoms with van der Waals surface area (Å²) in [6.07, 6.45) is -0.945. The highest BCUT2D eigenvalue weighted by Crippen LogP contribution is 2.18. The van der Waals surface area contributed by atoms with Gasteiger partial charge in [-0.25, -0.2) is 0 Å². The van der Waals surface area contributed by atoms with Gasteiger partial charge in [-0.1, -0.05) is 12.1 Å². The maximum atomic E-state index is 10.8. The number of aliphatic hydroxyl groups excluding tert-OH is 2. The van der Waals surface area contributed by atoms with E-state index >= 15 is 0 Å². The van der Waals surface area contributed by atoms with Crippen LogP contribution in [-0.4, -0.2) is 28.3 Å². The first kappa shape index (κ1) is 9.70. The van der Waals surface area contributed by atoms with Crippen LogP contribution in [0.3, 0.4) is 0 Å². The number of hydrogen-bond acceptors (Lipinski definition) is 3. The highest BCUT2D eigenvalue weighted by atomic mass is 16.5. The molecule has 0 spiro atoms. The van der Waals surface area contributed by atoms with E-state index in [9.17, 15) is 10.3 Å². The molecule has 0 radical (unpaired) electrons. The van der Waals surface area contributed by atoms with Gasteiger partial charge in [0, 0.05) is 12.1 Å². The molecule has 0 heterocycles. The van der Waals surface area contributed by atoms with E-state index in [4.69, 9.17) is 5.11 Å². The van der Waals surface area contributed by atoms with Crippen molar-refractivity contribution in [2.24, 2.45) is 0 Å². The van der Waals surface area contributed by atoms with Gasteiger partial charge in [-0.05, 0) is 5.56 Å². The summed E-state index contributed by atoms with van der Waals surface area (Å²) in [4.78, 5) is 0. The molecule has 0 saturated carbocycles. The van der Waals surface area contributed by atoms with E-state index in [0.717, 1.165) is 0 Å². The lowest BCUT2D eigenvalue weighted by atomic mass is 10.1. The molecule has 0 aliphatic carbocycles. The highest BCUT2D eigenvalue weighted by molar-refractivity contribution is 5.38.